The summed E-state index contributed by atoms with van der Waals surface area (Å²) in [7, 11) is -4.04. The van der Waals surface area contributed by atoms with Crippen molar-refractivity contribution in [3.05, 3.63) is 84.6 Å². The first-order chi connectivity index (χ1) is 15.9. The van der Waals surface area contributed by atoms with Gasteiger partial charge in [-0.25, -0.2) is 13.3 Å². The van der Waals surface area contributed by atoms with E-state index < -0.39 is 22.0 Å². The molecule has 4 aromatic rings. The van der Waals surface area contributed by atoms with Crippen molar-refractivity contribution < 1.29 is 13.2 Å². The van der Waals surface area contributed by atoms with Crippen LogP contribution >= 0.6 is 0 Å². The maximum Gasteiger partial charge on any atom is 0.254 e. The first-order valence-electron chi connectivity index (χ1n) is 10.5. The molecule has 1 amide bonds. The number of hydrogen-bond donors (Lipinski definition) is 1. The van der Waals surface area contributed by atoms with Crippen LogP contribution in [-0.4, -0.2) is 36.8 Å². The van der Waals surface area contributed by atoms with Gasteiger partial charge in [-0.3, -0.25) is 9.78 Å². The van der Waals surface area contributed by atoms with Gasteiger partial charge in [0.25, 0.3) is 5.91 Å². The maximum absolute atomic E-state index is 13.2. The fourth-order valence-electron chi connectivity index (χ4n) is 3.72. The van der Waals surface area contributed by atoms with E-state index in [2.05, 4.69) is 9.71 Å². The Kier molecular flexibility index (Phi) is 6.36. The van der Waals surface area contributed by atoms with E-state index in [9.17, 15) is 18.5 Å². The number of pyridine rings is 1. The highest BCUT2D eigenvalue weighted by Crippen LogP contribution is 2.20. The highest BCUT2D eigenvalue weighted by Gasteiger charge is 2.29. The van der Waals surface area contributed by atoms with Crippen molar-refractivity contribution in [1.82, 2.24) is 14.6 Å². The summed E-state index contributed by atoms with van der Waals surface area (Å²) >= 11 is 0. The van der Waals surface area contributed by atoms with Crippen molar-refractivity contribution in [2.24, 2.45) is 0 Å². The van der Waals surface area contributed by atoms with Crippen LogP contribution in [0.1, 0.15) is 12.5 Å². The number of nitrogens with one attached hydrogen (secondary N) is 1. The molecular formula is C25H22N4O3S. The second kappa shape index (κ2) is 9.36. The molecule has 0 aliphatic heterocycles. The molecule has 7 nitrogen and oxygen atoms in total. The standard InChI is InChI=1S/C25H22N4O3S/c1-2-29(17-26)25(30)24(15-18-9-10-19-6-3-4-7-20(19)14-18)28-33(31,32)22-11-12-23-21(16-22)8-5-13-27-23/h3-14,16,24,28H,2,15H2,1H3. The zero-order valence-corrected chi connectivity index (χ0v) is 18.8. The van der Waals surface area contributed by atoms with Crippen molar-refractivity contribution in [1.29, 1.82) is 5.26 Å². The second-order valence-electron chi connectivity index (χ2n) is 7.60. The molecule has 1 heterocycles. The number of fused-ring (bicyclic) bond motifs is 2. The Hall–Kier alpha value is -3.80. The number of nitrogens with zero attached hydrogens (tertiary/aromatic N) is 3. The minimum absolute atomic E-state index is 0.0271. The van der Waals surface area contributed by atoms with E-state index >= 15 is 0 Å². The molecule has 0 radical (unpaired) electrons. The van der Waals surface area contributed by atoms with Crippen LogP contribution in [0.3, 0.4) is 0 Å². The lowest BCUT2D eigenvalue weighted by atomic mass is 10.0. The molecule has 0 saturated carbocycles. The van der Waals surface area contributed by atoms with Gasteiger partial charge in [-0.2, -0.15) is 9.98 Å². The first kappa shape index (κ1) is 22.4. The number of rotatable bonds is 7. The van der Waals surface area contributed by atoms with E-state index in [-0.39, 0.29) is 17.9 Å². The van der Waals surface area contributed by atoms with Crippen molar-refractivity contribution >= 4 is 37.6 Å². The summed E-state index contributed by atoms with van der Waals surface area (Å²) in [4.78, 5) is 18.3. The number of nitriles is 1. The lowest BCUT2D eigenvalue weighted by Crippen LogP contribution is -2.48. The van der Waals surface area contributed by atoms with Gasteiger partial charge in [0.05, 0.1) is 10.4 Å². The Morgan fingerprint density at radius 1 is 1.03 bits per heavy atom. The largest absolute Gasteiger partial charge is 0.272 e. The van der Waals surface area contributed by atoms with Gasteiger partial charge in [0, 0.05) is 18.1 Å². The normalized spacial score (nSPS) is 12.4. The number of sulfonamides is 1. The van der Waals surface area contributed by atoms with Crippen molar-refractivity contribution in [2.45, 2.75) is 24.3 Å². The van der Waals surface area contributed by atoms with Crippen LogP contribution in [0.4, 0.5) is 0 Å². The average Bonchev–Trinajstić information content (AvgIpc) is 2.83. The van der Waals surface area contributed by atoms with Gasteiger partial charge < -0.3 is 0 Å². The van der Waals surface area contributed by atoms with Crippen molar-refractivity contribution in [3.8, 4) is 6.19 Å². The molecule has 0 spiro atoms. The summed E-state index contributed by atoms with van der Waals surface area (Å²) in [5.74, 6) is -0.598. The zero-order chi connectivity index (χ0) is 23.4. The predicted molar refractivity (Wildman–Crippen MR) is 127 cm³/mol. The van der Waals surface area contributed by atoms with Crippen LogP contribution in [0.2, 0.25) is 0 Å². The molecule has 166 valence electrons. The topological polar surface area (TPSA) is 103 Å². The summed E-state index contributed by atoms with van der Waals surface area (Å²) in [6.07, 6.45) is 3.58. The molecule has 0 fully saturated rings. The Labute approximate surface area is 192 Å². The minimum atomic E-state index is -4.04. The molecule has 8 heteroatoms. The molecule has 0 aliphatic carbocycles. The van der Waals surface area contributed by atoms with Crippen LogP contribution in [0.15, 0.2) is 83.9 Å². The summed E-state index contributed by atoms with van der Waals surface area (Å²) in [6, 6.07) is 20.5. The third-order valence-corrected chi connectivity index (χ3v) is 6.91. The SMILES string of the molecule is CCN(C#N)C(=O)C(Cc1ccc2ccccc2c1)NS(=O)(=O)c1ccc2ncccc2c1. The maximum atomic E-state index is 13.2. The first-order valence-corrected chi connectivity index (χ1v) is 12.0. The molecule has 0 aliphatic rings. The molecule has 1 N–H and O–H groups in total. The Bertz CT molecular complexity index is 1480. The summed E-state index contributed by atoms with van der Waals surface area (Å²) in [6.45, 7) is 1.81. The highest BCUT2D eigenvalue weighted by molar-refractivity contribution is 7.89. The second-order valence-corrected chi connectivity index (χ2v) is 9.31. The Morgan fingerprint density at radius 3 is 2.55 bits per heavy atom. The van der Waals surface area contributed by atoms with Gasteiger partial charge in [-0.05, 0) is 53.9 Å². The average molecular weight is 459 g/mol. The van der Waals surface area contributed by atoms with Gasteiger partial charge >= 0.3 is 0 Å². The predicted octanol–water partition coefficient (Wildman–Crippen LogP) is 3.61. The molecule has 0 saturated heterocycles. The molecule has 4 rings (SSSR count). The van der Waals surface area contributed by atoms with Gasteiger partial charge in [-0.15, -0.1) is 0 Å². The number of carbonyl (C=O) groups excluding carboxylic acids is 1. The fourth-order valence-corrected chi connectivity index (χ4v) is 4.95. The van der Waals surface area contributed by atoms with Crippen LogP contribution < -0.4 is 4.72 Å². The molecular weight excluding hydrogens is 436 g/mol. The monoisotopic (exact) mass is 458 g/mol. The lowest BCUT2D eigenvalue weighted by molar-refractivity contribution is -0.129. The summed E-state index contributed by atoms with van der Waals surface area (Å²) in [5, 5.41) is 12.1. The van der Waals surface area contributed by atoms with Crippen molar-refractivity contribution in [2.75, 3.05) is 6.54 Å². The van der Waals surface area contributed by atoms with Gasteiger partial charge in [0.2, 0.25) is 10.0 Å². The van der Waals surface area contributed by atoms with Crippen LogP contribution in [0, 0.1) is 11.5 Å². The number of likely N-dealkylation sites (N-methyl/N-ethyl adjacent to an activating group) is 1. The fraction of sp³-hybridized carbons (Fsp3) is 0.160. The van der Waals surface area contributed by atoms with E-state index in [1.54, 1.807) is 31.3 Å². The number of amides is 1. The molecule has 0 bridgehead atoms. The number of hydrogen-bond acceptors (Lipinski definition) is 5. The van der Waals surface area contributed by atoms with Gasteiger partial charge in [0.1, 0.15) is 6.04 Å². The van der Waals surface area contributed by atoms with E-state index in [4.69, 9.17) is 0 Å². The molecule has 1 aromatic heterocycles. The third-order valence-electron chi connectivity index (χ3n) is 5.44. The molecule has 3 aromatic carbocycles. The minimum Gasteiger partial charge on any atom is -0.272 e. The van der Waals surface area contributed by atoms with E-state index in [0.29, 0.717) is 10.9 Å². The van der Waals surface area contributed by atoms with Gasteiger partial charge in [-0.1, -0.05) is 48.5 Å². The smallest absolute Gasteiger partial charge is 0.254 e. The number of benzene rings is 3. The number of aromatic nitrogens is 1. The van der Waals surface area contributed by atoms with Crippen LogP contribution in [-0.2, 0) is 21.2 Å². The van der Waals surface area contributed by atoms with Crippen LogP contribution in [0.5, 0.6) is 0 Å². The Morgan fingerprint density at radius 2 is 1.79 bits per heavy atom. The molecule has 1 atom stereocenters. The molecule has 33 heavy (non-hydrogen) atoms. The van der Waals surface area contributed by atoms with Crippen LogP contribution in [0.25, 0.3) is 21.7 Å². The zero-order valence-electron chi connectivity index (χ0n) is 18.0. The quantitative estimate of drug-likeness (QED) is 0.337. The van der Waals surface area contributed by atoms with Crippen molar-refractivity contribution in [3.63, 3.8) is 0 Å². The van der Waals surface area contributed by atoms with Gasteiger partial charge in [0.15, 0.2) is 6.19 Å². The summed E-state index contributed by atoms with van der Waals surface area (Å²) < 4.78 is 28.9. The Balaban J connectivity index is 1.68. The number of carbonyl (C=O) groups is 1. The highest BCUT2D eigenvalue weighted by atomic mass is 32.2. The third kappa shape index (κ3) is 4.85. The summed E-state index contributed by atoms with van der Waals surface area (Å²) in [5.41, 5.74) is 1.45. The van der Waals surface area contributed by atoms with E-state index in [1.807, 2.05) is 48.7 Å². The lowest BCUT2D eigenvalue weighted by Gasteiger charge is -2.22. The van der Waals surface area contributed by atoms with E-state index in [0.717, 1.165) is 21.2 Å². The molecule has 1 unspecified atom stereocenters. The van der Waals surface area contributed by atoms with E-state index in [1.165, 1.54) is 12.1 Å².